The summed E-state index contributed by atoms with van der Waals surface area (Å²) < 4.78 is 0. The minimum absolute atomic E-state index is 0.255. The molecule has 0 radical (unpaired) electrons. The standard InChI is InChI=1S/C4H6O2.C4H8O/c1-3(5)4(2)6;1-3-4(2)5/h1-2H3;3H2,1-2H3. The number of rotatable bonds is 2. The van der Waals surface area contributed by atoms with Crippen molar-refractivity contribution in [1.29, 1.82) is 0 Å². The van der Waals surface area contributed by atoms with Crippen LogP contribution in [0.5, 0.6) is 0 Å². The van der Waals surface area contributed by atoms with Crippen molar-refractivity contribution in [3.05, 3.63) is 0 Å². The van der Waals surface area contributed by atoms with Crippen LogP contribution in [0.25, 0.3) is 0 Å². The molecule has 0 atom stereocenters. The molecule has 0 aromatic carbocycles. The highest BCUT2D eigenvalue weighted by molar-refractivity contribution is 6.35. The lowest BCUT2D eigenvalue weighted by molar-refractivity contribution is -0.134. The summed E-state index contributed by atoms with van der Waals surface area (Å²) in [6.45, 7) is 5.94. The second-order valence-corrected chi connectivity index (χ2v) is 2.17. The Morgan fingerprint density at radius 1 is 0.909 bits per heavy atom. The van der Waals surface area contributed by atoms with Gasteiger partial charge in [0.1, 0.15) is 5.78 Å². The van der Waals surface area contributed by atoms with Crippen molar-refractivity contribution in [2.45, 2.75) is 34.1 Å². The molecule has 0 rings (SSSR count). The van der Waals surface area contributed by atoms with Crippen LogP contribution in [0.3, 0.4) is 0 Å². The van der Waals surface area contributed by atoms with Gasteiger partial charge in [0.2, 0.25) is 0 Å². The molecule has 0 aromatic heterocycles. The van der Waals surface area contributed by atoms with E-state index in [9.17, 15) is 14.4 Å². The average molecular weight is 158 g/mol. The fourth-order valence-corrected chi connectivity index (χ4v) is 0. The van der Waals surface area contributed by atoms with Gasteiger partial charge in [0.05, 0.1) is 0 Å². The van der Waals surface area contributed by atoms with Crippen LogP contribution in [-0.2, 0) is 14.4 Å². The highest BCUT2D eigenvalue weighted by Crippen LogP contribution is 1.71. The van der Waals surface area contributed by atoms with E-state index in [1.807, 2.05) is 6.92 Å². The van der Waals surface area contributed by atoms with Gasteiger partial charge in [0.25, 0.3) is 0 Å². The Kier molecular flexibility index (Phi) is 8.20. The Labute approximate surface area is 66.8 Å². The number of hydrogen-bond donors (Lipinski definition) is 0. The highest BCUT2D eigenvalue weighted by atomic mass is 16.2. The summed E-state index contributed by atoms with van der Waals surface area (Å²) in [5.41, 5.74) is 0. The largest absolute Gasteiger partial charge is 0.300 e. The quantitative estimate of drug-likeness (QED) is 0.566. The highest BCUT2D eigenvalue weighted by Gasteiger charge is 1.94. The molecule has 64 valence electrons. The molecule has 0 unspecified atom stereocenters. The zero-order chi connectivity index (χ0) is 9.44. The summed E-state index contributed by atoms with van der Waals surface area (Å²) in [5, 5.41) is 0. The third-order valence-corrected chi connectivity index (χ3v) is 0.994. The van der Waals surface area contributed by atoms with Gasteiger partial charge in [-0.05, 0) is 6.92 Å². The number of carbonyl (C=O) groups is 3. The summed E-state index contributed by atoms with van der Waals surface area (Å²) in [6, 6.07) is 0. The van der Waals surface area contributed by atoms with Gasteiger partial charge in [-0.3, -0.25) is 9.59 Å². The van der Waals surface area contributed by atoms with E-state index in [0.717, 1.165) is 0 Å². The molecule has 0 bridgehead atoms. The SMILES string of the molecule is CC(=O)C(C)=O.CCC(C)=O. The monoisotopic (exact) mass is 158 g/mol. The topological polar surface area (TPSA) is 51.2 Å². The van der Waals surface area contributed by atoms with Crippen LogP contribution in [0.2, 0.25) is 0 Å². The maximum absolute atomic E-state index is 9.81. The van der Waals surface area contributed by atoms with Gasteiger partial charge in [-0.1, -0.05) is 6.92 Å². The molecule has 0 aliphatic heterocycles. The molecule has 11 heavy (non-hydrogen) atoms. The predicted octanol–water partition coefficient (Wildman–Crippen LogP) is 1.15. The Balaban J connectivity index is 0. The Morgan fingerprint density at radius 2 is 1.09 bits per heavy atom. The summed E-state index contributed by atoms with van der Waals surface area (Å²) in [7, 11) is 0. The van der Waals surface area contributed by atoms with E-state index in [2.05, 4.69) is 0 Å². The maximum Gasteiger partial charge on any atom is 0.195 e. The van der Waals surface area contributed by atoms with E-state index in [4.69, 9.17) is 0 Å². The van der Waals surface area contributed by atoms with Crippen LogP contribution in [-0.4, -0.2) is 17.3 Å². The van der Waals surface area contributed by atoms with Crippen LogP contribution in [0.1, 0.15) is 34.1 Å². The molecule has 0 heterocycles. The summed E-state index contributed by atoms with van der Waals surface area (Å²) in [6.07, 6.45) is 0.667. The second kappa shape index (κ2) is 7.12. The molecule has 0 aromatic rings. The third kappa shape index (κ3) is 17.6. The van der Waals surface area contributed by atoms with Crippen molar-refractivity contribution in [1.82, 2.24) is 0 Å². The molecule has 0 saturated heterocycles. The second-order valence-electron chi connectivity index (χ2n) is 2.17. The molecule has 0 N–H and O–H groups in total. The minimum Gasteiger partial charge on any atom is -0.300 e. The number of carbonyl (C=O) groups excluding carboxylic acids is 3. The molecule has 3 heteroatoms. The van der Waals surface area contributed by atoms with Gasteiger partial charge in [-0.25, -0.2) is 0 Å². The lowest BCUT2D eigenvalue weighted by Crippen LogP contribution is -2.01. The van der Waals surface area contributed by atoms with Crippen molar-refractivity contribution >= 4 is 17.3 Å². The van der Waals surface area contributed by atoms with Crippen LogP contribution in [0.15, 0.2) is 0 Å². The molecule has 0 aliphatic carbocycles. The molecule has 3 nitrogen and oxygen atoms in total. The van der Waals surface area contributed by atoms with E-state index in [0.29, 0.717) is 6.42 Å². The van der Waals surface area contributed by atoms with Crippen LogP contribution in [0, 0.1) is 0 Å². The Bertz CT molecular complexity index is 147. The molecule has 0 amide bonds. The van der Waals surface area contributed by atoms with Crippen LogP contribution >= 0.6 is 0 Å². The first-order chi connectivity index (χ1) is 4.91. The lowest BCUT2D eigenvalue weighted by Gasteiger charge is -1.73. The van der Waals surface area contributed by atoms with Gasteiger partial charge < -0.3 is 4.79 Å². The Hall–Kier alpha value is -0.990. The van der Waals surface area contributed by atoms with Crippen molar-refractivity contribution in [3.63, 3.8) is 0 Å². The maximum atomic E-state index is 9.81. The number of hydrogen-bond acceptors (Lipinski definition) is 3. The minimum atomic E-state index is -0.380. The smallest absolute Gasteiger partial charge is 0.195 e. The van der Waals surface area contributed by atoms with Crippen LogP contribution in [0.4, 0.5) is 0 Å². The summed E-state index contributed by atoms with van der Waals surface area (Å²) in [4.78, 5) is 29.4. The van der Waals surface area contributed by atoms with E-state index in [1.165, 1.54) is 13.8 Å². The first kappa shape index (κ1) is 12.7. The molecule has 0 spiro atoms. The fourth-order valence-electron chi connectivity index (χ4n) is 0. The van der Waals surface area contributed by atoms with E-state index in [-0.39, 0.29) is 17.3 Å². The first-order valence-corrected chi connectivity index (χ1v) is 3.42. The van der Waals surface area contributed by atoms with Crippen molar-refractivity contribution in [3.8, 4) is 0 Å². The molecule has 0 fully saturated rings. The number of Topliss-reactive ketones (excluding diaryl/α,β-unsaturated/α-hetero) is 3. The summed E-state index contributed by atoms with van der Waals surface area (Å²) >= 11 is 0. The number of ketones is 3. The van der Waals surface area contributed by atoms with Crippen molar-refractivity contribution in [2.24, 2.45) is 0 Å². The summed E-state index contributed by atoms with van der Waals surface area (Å²) in [5.74, 6) is -0.505. The Morgan fingerprint density at radius 3 is 1.09 bits per heavy atom. The first-order valence-electron chi connectivity index (χ1n) is 3.42. The average Bonchev–Trinajstić information content (AvgIpc) is 1.89. The zero-order valence-corrected chi connectivity index (χ0v) is 7.43. The molecular formula is C8H14O3. The van der Waals surface area contributed by atoms with E-state index >= 15 is 0 Å². The molecule has 0 aliphatic rings. The lowest BCUT2D eigenvalue weighted by atomic mass is 10.3. The fraction of sp³-hybridized carbons (Fsp3) is 0.625. The van der Waals surface area contributed by atoms with Gasteiger partial charge in [-0.2, -0.15) is 0 Å². The molecular weight excluding hydrogens is 144 g/mol. The van der Waals surface area contributed by atoms with Gasteiger partial charge in [0.15, 0.2) is 11.6 Å². The van der Waals surface area contributed by atoms with Crippen molar-refractivity contribution in [2.75, 3.05) is 0 Å². The van der Waals surface area contributed by atoms with Crippen molar-refractivity contribution < 1.29 is 14.4 Å². The molecule has 0 saturated carbocycles. The van der Waals surface area contributed by atoms with E-state index in [1.54, 1.807) is 6.92 Å². The third-order valence-electron chi connectivity index (χ3n) is 0.994. The normalized spacial score (nSPS) is 7.64. The van der Waals surface area contributed by atoms with E-state index < -0.39 is 0 Å². The van der Waals surface area contributed by atoms with Gasteiger partial charge in [-0.15, -0.1) is 0 Å². The van der Waals surface area contributed by atoms with Gasteiger partial charge in [0, 0.05) is 20.3 Å². The predicted molar refractivity (Wildman–Crippen MR) is 42.3 cm³/mol. The van der Waals surface area contributed by atoms with Crippen LogP contribution < -0.4 is 0 Å². The van der Waals surface area contributed by atoms with Gasteiger partial charge >= 0.3 is 0 Å². The zero-order valence-electron chi connectivity index (χ0n) is 7.43.